The largest absolute Gasteiger partial charge is 0.416 e. The van der Waals surface area contributed by atoms with E-state index in [1.54, 1.807) is 36.4 Å². The maximum Gasteiger partial charge on any atom is 0.416 e. The van der Waals surface area contributed by atoms with Gasteiger partial charge in [-0.05, 0) is 48.0 Å². The van der Waals surface area contributed by atoms with Crippen molar-refractivity contribution in [3.63, 3.8) is 0 Å². The number of H-pyrrole nitrogens is 1. The first kappa shape index (κ1) is 21.3. The molecule has 0 saturated heterocycles. The molecular formula is C22H15ClF3N3OS. The van der Waals surface area contributed by atoms with Crippen LogP contribution in [0.3, 0.4) is 0 Å². The van der Waals surface area contributed by atoms with Crippen molar-refractivity contribution in [3.8, 4) is 0 Å². The van der Waals surface area contributed by atoms with Gasteiger partial charge in [0.1, 0.15) is 0 Å². The van der Waals surface area contributed by atoms with E-state index in [-0.39, 0.29) is 5.91 Å². The summed E-state index contributed by atoms with van der Waals surface area (Å²) < 4.78 is 38.5. The Bertz CT molecular complexity index is 1240. The summed E-state index contributed by atoms with van der Waals surface area (Å²) in [6.45, 7) is 0. The predicted octanol–water partition coefficient (Wildman–Crippen LogP) is 6.78. The van der Waals surface area contributed by atoms with Gasteiger partial charge in [0.2, 0.25) is 0 Å². The zero-order chi connectivity index (χ0) is 22.0. The van der Waals surface area contributed by atoms with E-state index in [1.807, 2.05) is 12.1 Å². The van der Waals surface area contributed by atoms with Gasteiger partial charge in [-0.15, -0.1) is 0 Å². The molecule has 0 saturated carbocycles. The van der Waals surface area contributed by atoms with Gasteiger partial charge in [-0.25, -0.2) is 4.98 Å². The molecule has 4 aromatic rings. The first-order valence-corrected chi connectivity index (χ1v) is 10.5. The van der Waals surface area contributed by atoms with Crippen LogP contribution in [-0.4, -0.2) is 15.9 Å². The third-order valence-electron chi connectivity index (χ3n) is 4.49. The summed E-state index contributed by atoms with van der Waals surface area (Å²) in [7, 11) is 0. The summed E-state index contributed by atoms with van der Waals surface area (Å²) in [6, 6.07) is 17.5. The first-order valence-electron chi connectivity index (χ1n) is 9.14. The van der Waals surface area contributed by atoms with Gasteiger partial charge in [0, 0.05) is 11.4 Å². The average molecular weight is 462 g/mol. The number of aromatic nitrogens is 2. The maximum absolute atomic E-state index is 12.8. The molecule has 1 heterocycles. The van der Waals surface area contributed by atoms with E-state index in [1.165, 1.54) is 17.8 Å². The molecule has 0 fully saturated rings. The second-order valence-electron chi connectivity index (χ2n) is 6.69. The highest BCUT2D eigenvalue weighted by Crippen LogP contribution is 2.32. The third kappa shape index (κ3) is 5.03. The minimum atomic E-state index is -4.39. The van der Waals surface area contributed by atoms with Gasteiger partial charge in [-0.2, -0.15) is 13.2 Å². The van der Waals surface area contributed by atoms with E-state index in [0.717, 1.165) is 17.7 Å². The fourth-order valence-electron chi connectivity index (χ4n) is 2.91. The quantitative estimate of drug-likeness (QED) is 0.322. The Hall–Kier alpha value is -2.97. The Kier molecular flexibility index (Phi) is 5.93. The number of carbonyl (C=O) groups excluding carboxylic acids is 1. The summed E-state index contributed by atoms with van der Waals surface area (Å²) in [5, 5.41) is 3.70. The van der Waals surface area contributed by atoms with Gasteiger partial charge < -0.3 is 10.3 Å². The average Bonchev–Trinajstić information content (AvgIpc) is 3.15. The van der Waals surface area contributed by atoms with Crippen LogP contribution in [0.4, 0.5) is 18.9 Å². The molecule has 0 aliphatic heterocycles. The van der Waals surface area contributed by atoms with Crippen molar-refractivity contribution in [2.24, 2.45) is 0 Å². The Balaban J connectivity index is 1.39. The molecular weight excluding hydrogens is 447 g/mol. The zero-order valence-electron chi connectivity index (χ0n) is 15.8. The molecule has 0 aliphatic rings. The zero-order valence-corrected chi connectivity index (χ0v) is 17.4. The van der Waals surface area contributed by atoms with Crippen molar-refractivity contribution in [2.45, 2.75) is 17.1 Å². The lowest BCUT2D eigenvalue weighted by atomic mass is 10.2. The third-order valence-corrected chi connectivity index (χ3v) is 5.77. The van der Waals surface area contributed by atoms with E-state index in [2.05, 4.69) is 15.3 Å². The molecule has 4 rings (SSSR count). The normalized spacial score (nSPS) is 11.6. The van der Waals surface area contributed by atoms with E-state index >= 15 is 0 Å². The van der Waals surface area contributed by atoms with Crippen molar-refractivity contribution in [3.05, 3.63) is 88.4 Å². The number of hydrogen-bond acceptors (Lipinski definition) is 3. The van der Waals surface area contributed by atoms with Crippen LogP contribution in [0.1, 0.15) is 21.5 Å². The SMILES string of the molecule is O=C(Nc1ccc(CSc2nc3ccc(C(F)(F)F)cc3[nH]2)cc1)c1ccccc1Cl. The number of anilines is 1. The molecule has 0 unspecified atom stereocenters. The molecule has 0 spiro atoms. The number of nitrogens with one attached hydrogen (secondary N) is 2. The standard InChI is InChI=1S/C22H15ClF3N3OS/c23-17-4-2-1-3-16(17)20(30)27-15-8-5-13(6-9-15)12-31-21-28-18-10-7-14(22(24,25)26)11-19(18)29-21/h1-11H,12H2,(H,27,30)(H,28,29). The fourth-order valence-corrected chi connectivity index (χ4v) is 3.97. The summed E-state index contributed by atoms with van der Waals surface area (Å²) >= 11 is 7.42. The van der Waals surface area contributed by atoms with Crippen molar-refractivity contribution < 1.29 is 18.0 Å². The molecule has 0 bridgehead atoms. The van der Waals surface area contributed by atoms with Gasteiger partial charge in [0.05, 0.1) is 27.2 Å². The van der Waals surface area contributed by atoms with Crippen LogP contribution in [0, 0.1) is 0 Å². The Morgan fingerprint density at radius 2 is 1.81 bits per heavy atom. The van der Waals surface area contributed by atoms with Crippen molar-refractivity contribution >= 4 is 46.0 Å². The van der Waals surface area contributed by atoms with E-state index in [9.17, 15) is 18.0 Å². The minimum Gasteiger partial charge on any atom is -0.333 e. The molecule has 4 nitrogen and oxygen atoms in total. The molecule has 1 aromatic heterocycles. The number of benzene rings is 3. The predicted molar refractivity (Wildman–Crippen MR) is 117 cm³/mol. The van der Waals surface area contributed by atoms with Crippen molar-refractivity contribution in [2.75, 3.05) is 5.32 Å². The number of imidazole rings is 1. The van der Waals surface area contributed by atoms with E-state index < -0.39 is 11.7 Å². The number of thioether (sulfide) groups is 1. The Morgan fingerprint density at radius 1 is 1.06 bits per heavy atom. The molecule has 0 atom stereocenters. The van der Waals surface area contributed by atoms with Crippen LogP contribution in [0.5, 0.6) is 0 Å². The van der Waals surface area contributed by atoms with Gasteiger partial charge in [0.15, 0.2) is 5.16 Å². The lowest BCUT2D eigenvalue weighted by molar-refractivity contribution is -0.137. The monoisotopic (exact) mass is 461 g/mol. The second-order valence-corrected chi connectivity index (χ2v) is 8.06. The van der Waals surface area contributed by atoms with Crippen LogP contribution in [-0.2, 0) is 11.9 Å². The summed E-state index contributed by atoms with van der Waals surface area (Å²) in [5.74, 6) is 0.262. The van der Waals surface area contributed by atoms with Crippen molar-refractivity contribution in [1.82, 2.24) is 9.97 Å². The molecule has 2 N–H and O–H groups in total. The highest BCUT2D eigenvalue weighted by Gasteiger charge is 2.30. The number of fused-ring (bicyclic) bond motifs is 1. The van der Waals surface area contributed by atoms with Gasteiger partial charge in [0.25, 0.3) is 5.91 Å². The van der Waals surface area contributed by atoms with Gasteiger partial charge in [-0.1, -0.05) is 47.6 Å². The molecule has 1 amide bonds. The number of nitrogens with zero attached hydrogens (tertiary/aromatic N) is 1. The number of alkyl halides is 3. The lowest BCUT2D eigenvalue weighted by Gasteiger charge is -2.07. The van der Waals surface area contributed by atoms with Crippen molar-refractivity contribution in [1.29, 1.82) is 0 Å². The number of rotatable bonds is 5. The second kappa shape index (κ2) is 8.64. The number of halogens is 4. The summed E-state index contributed by atoms with van der Waals surface area (Å²) in [5.41, 5.74) is 2.10. The molecule has 0 aliphatic carbocycles. The van der Waals surface area contributed by atoms with E-state index in [4.69, 9.17) is 11.6 Å². The minimum absolute atomic E-state index is 0.298. The summed E-state index contributed by atoms with van der Waals surface area (Å²) in [4.78, 5) is 19.6. The molecule has 158 valence electrons. The number of carbonyl (C=O) groups is 1. The highest BCUT2D eigenvalue weighted by atomic mass is 35.5. The Morgan fingerprint density at radius 3 is 2.52 bits per heavy atom. The van der Waals surface area contributed by atoms with Crippen LogP contribution >= 0.6 is 23.4 Å². The Labute approximate surface area is 184 Å². The van der Waals surface area contributed by atoms with Gasteiger partial charge >= 0.3 is 6.18 Å². The van der Waals surface area contributed by atoms with Gasteiger partial charge in [-0.3, -0.25) is 4.79 Å². The number of hydrogen-bond donors (Lipinski definition) is 2. The maximum atomic E-state index is 12.8. The van der Waals surface area contributed by atoms with Crippen LogP contribution in [0.25, 0.3) is 11.0 Å². The topological polar surface area (TPSA) is 57.8 Å². The fraction of sp³-hybridized carbons (Fsp3) is 0.0909. The lowest BCUT2D eigenvalue weighted by Crippen LogP contribution is -2.12. The van der Waals surface area contributed by atoms with E-state index in [0.29, 0.717) is 38.2 Å². The van der Waals surface area contributed by atoms with Crippen LogP contribution in [0.15, 0.2) is 71.9 Å². The molecule has 31 heavy (non-hydrogen) atoms. The summed E-state index contributed by atoms with van der Waals surface area (Å²) in [6.07, 6.45) is -4.39. The molecule has 0 radical (unpaired) electrons. The molecule has 3 aromatic carbocycles. The smallest absolute Gasteiger partial charge is 0.333 e. The number of amides is 1. The van der Waals surface area contributed by atoms with Crippen LogP contribution < -0.4 is 5.32 Å². The first-order chi connectivity index (χ1) is 14.8. The highest BCUT2D eigenvalue weighted by molar-refractivity contribution is 7.98. The van der Waals surface area contributed by atoms with Crippen LogP contribution in [0.2, 0.25) is 5.02 Å². The number of aromatic amines is 1. The molecule has 9 heteroatoms.